The molecule has 35 heavy (non-hydrogen) atoms. The van der Waals surface area contributed by atoms with E-state index < -0.39 is 30.1 Å². The molecule has 2 N–H and O–H groups in total. The lowest BCUT2D eigenvalue weighted by Crippen LogP contribution is -2.47. The predicted octanol–water partition coefficient (Wildman–Crippen LogP) is 4.34. The monoisotopic (exact) mass is 470 g/mol. The van der Waals surface area contributed by atoms with Gasteiger partial charge in [0.1, 0.15) is 18.7 Å². The van der Waals surface area contributed by atoms with Gasteiger partial charge in [0, 0.05) is 12.5 Å². The summed E-state index contributed by atoms with van der Waals surface area (Å²) in [6.45, 7) is 0.461. The molecule has 5 rings (SSSR count). The molecule has 3 aromatic carbocycles. The molecule has 3 aromatic rings. The van der Waals surface area contributed by atoms with Gasteiger partial charge in [0.05, 0.1) is 0 Å². The van der Waals surface area contributed by atoms with Crippen molar-refractivity contribution < 1.29 is 24.2 Å². The third-order valence-corrected chi connectivity index (χ3v) is 6.81. The van der Waals surface area contributed by atoms with Crippen LogP contribution in [0.3, 0.4) is 0 Å². The van der Waals surface area contributed by atoms with E-state index in [2.05, 4.69) is 17.4 Å². The number of nitrogens with zero attached hydrogens (tertiary/aromatic N) is 1. The van der Waals surface area contributed by atoms with E-state index >= 15 is 0 Å². The summed E-state index contributed by atoms with van der Waals surface area (Å²) in [6.07, 6.45) is 0.281. The minimum atomic E-state index is -1.04. The topological polar surface area (TPSA) is 95.9 Å². The Labute approximate surface area is 203 Å². The second-order valence-corrected chi connectivity index (χ2v) is 8.84. The molecule has 1 unspecified atom stereocenters. The van der Waals surface area contributed by atoms with Crippen molar-refractivity contribution in [3.05, 3.63) is 95.6 Å². The maximum Gasteiger partial charge on any atom is 0.408 e. The van der Waals surface area contributed by atoms with E-state index in [4.69, 9.17) is 4.74 Å². The maximum absolute atomic E-state index is 13.4. The molecule has 2 atom stereocenters. The largest absolute Gasteiger partial charge is 0.480 e. The van der Waals surface area contributed by atoms with Crippen LogP contribution < -0.4 is 5.32 Å². The first-order chi connectivity index (χ1) is 17.0. The number of ether oxygens (including phenoxy) is 1. The Bertz CT molecular complexity index is 1210. The van der Waals surface area contributed by atoms with Crippen LogP contribution in [0.2, 0.25) is 0 Å². The molecule has 1 fully saturated rings. The fraction of sp³-hybridized carbons (Fsp3) is 0.250. The smallest absolute Gasteiger partial charge is 0.408 e. The first-order valence-corrected chi connectivity index (χ1v) is 11.7. The van der Waals surface area contributed by atoms with Gasteiger partial charge in [-0.05, 0) is 40.7 Å². The molecular formula is C28H26N2O5. The van der Waals surface area contributed by atoms with Crippen LogP contribution in [0.4, 0.5) is 4.79 Å². The van der Waals surface area contributed by atoms with Gasteiger partial charge in [0.2, 0.25) is 0 Å². The number of nitrogens with one attached hydrogen (secondary N) is 1. The molecule has 7 nitrogen and oxygen atoms in total. The number of hydrogen-bond donors (Lipinski definition) is 2. The van der Waals surface area contributed by atoms with Crippen molar-refractivity contribution in [1.29, 1.82) is 0 Å². The van der Waals surface area contributed by atoms with Gasteiger partial charge in [-0.3, -0.25) is 4.79 Å². The summed E-state index contributed by atoms with van der Waals surface area (Å²) in [6, 6.07) is 23.0. The quantitative estimate of drug-likeness (QED) is 0.559. The zero-order chi connectivity index (χ0) is 24.4. The van der Waals surface area contributed by atoms with Gasteiger partial charge >= 0.3 is 12.1 Å². The molecule has 0 radical (unpaired) electrons. The average molecular weight is 471 g/mol. The molecule has 1 aliphatic carbocycles. The fourth-order valence-corrected chi connectivity index (χ4v) is 5.14. The number of alkyl carbamates (subject to hydrolysis) is 1. The van der Waals surface area contributed by atoms with Crippen molar-refractivity contribution in [2.24, 2.45) is 0 Å². The van der Waals surface area contributed by atoms with Crippen LogP contribution in [-0.2, 0) is 14.3 Å². The first kappa shape index (κ1) is 22.7. The Morgan fingerprint density at radius 3 is 2.14 bits per heavy atom. The number of amides is 2. The number of carbonyl (C=O) groups is 3. The van der Waals surface area contributed by atoms with Gasteiger partial charge in [-0.1, -0.05) is 78.9 Å². The zero-order valence-electron chi connectivity index (χ0n) is 19.1. The summed E-state index contributed by atoms with van der Waals surface area (Å²) in [7, 11) is 0. The first-order valence-electron chi connectivity index (χ1n) is 11.7. The molecule has 0 bridgehead atoms. The minimum Gasteiger partial charge on any atom is -0.480 e. The van der Waals surface area contributed by atoms with Crippen LogP contribution in [0, 0.1) is 0 Å². The number of fused-ring (bicyclic) bond motifs is 3. The standard InChI is InChI=1S/C28H26N2O5/c31-26(30-16-8-15-24(30)27(32)33)25(18-9-2-1-3-10-18)29-28(34)35-17-23-21-13-6-4-11-19(21)20-12-5-7-14-22(20)23/h1-7,9-14,23-25H,8,15-17H2,(H,29,34)(H,32,33)/t24?,25-/m0/s1. The molecule has 0 aromatic heterocycles. The minimum absolute atomic E-state index is 0.103. The van der Waals surface area contributed by atoms with E-state index in [0.717, 1.165) is 22.3 Å². The lowest BCUT2D eigenvalue weighted by atomic mass is 9.98. The van der Waals surface area contributed by atoms with Crippen molar-refractivity contribution in [2.75, 3.05) is 13.2 Å². The second kappa shape index (κ2) is 9.62. The van der Waals surface area contributed by atoms with Crippen molar-refractivity contribution in [3.8, 4) is 11.1 Å². The molecule has 1 aliphatic heterocycles. The van der Waals surface area contributed by atoms with Crippen LogP contribution in [-0.4, -0.2) is 47.2 Å². The highest BCUT2D eigenvalue weighted by Crippen LogP contribution is 2.44. The Morgan fingerprint density at radius 1 is 0.914 bits per heavy atom. The van der Waals surface area contributed by atoms with Gasteiger partial charge in [-0.25, -0.2) is 9.59 Å². The van der Waals surface area contributed by atoms with Gasteiger partial charge in [-0.2, -0.15) is 0 Å². The number of likely N-dealkylation sites (tertiary alicyclic amines) is 1. The van der Waals surface area contributed by atoms with E-state index in [0.29, 0.717) is 24.9 Å². The lowest BCUT2D eigenvalue weighted by molar-refractivity contribution is -0.149. The molecule has 2 amide bonds. The molecule has 7 heteroatoms. The Kier molecular flexibility index (Phi) is 6.23. The number of aliphatic carboxylic acids is 1. The van der Waals surface area contributed by atoms with Gasteiger partial charge in [0.15, 0.2) is 0 Å². The fourth-order valence-electron chi connectivity index (χ4n) is 5.14. The third-order valence-electron chi connectivity index (χ3n) is 6.81. The lowest BCUT2D eigenvalue weighted by Gasteiger charge is -2.27. The van der Waals surface area contributed by atoms with E-state index in [-0.39, 0.29) is 12.5 Å². The van der Waals surface area contributed by atoms with Crippen molar-refractivity contribution in [3.63, 3.8) is 0 Å². The highest BCUT2D eigenvalue weighted by molar-refractivity contribution is 5.90. The Morgan fingerprint density at radius 2 is 1.51 bits per heavy atom. The van der Waals surface area contributed by atoms with Crippen LogP contribution in [0.25, 0.3) is 11.1 Å². The third kappa shape index (κ3) is 4.37. The summed E-state index contributed by atoms with van der Waals surface area (Å²) < 4.78 is 5.64. The van der Waals surface area contributed by atoms with Crippen LogP contribution in [0.1, 0.15) is 41.5 Å². The number of hydrogen-bond acceptors (Lipinski definition) is 4. The predicted molar refractivity (Wildman–Crippen MR) is 130 cm³/mol. The van der Waals surface area contributed by atoms with E-state index in [1.165, 1.54) is 4.90 Å². The number of carboxylic acid groups (broad SMARTS) is 1. The van der Waals surface area contributed by atoms with E-state index in [1.807, 2.05) is 42.5 Å². The van der Waals surface area contributed by atoms with Gasteiger partial charge < -0.3 is 20.1 Å². The van der Waals surface area contributed by atoms with Gasteiger partial charge in [-0.15, -0.1) is 0 Å². The van der Waals surface area contributed by atoms with E-state index in [1.54, 1.807) is 24.3 Å². The molecule has 1 saturated heterocycles. The van der Waals surface area contributed by atoms with Crippen molar-refractivity contribution in [2.45, 2.75) is 30.8 Å². The number of rotatable bonds is 6. The van der Waals surface area contributed by atoms with Crippen LogP contribution in [0.5, 0.6) is 0 Å². The summed E-state index contributed by atoms with van der Waals surface area (Å²) >= 11 is 0. The summed E-state index contributed by atoms with van der Waals surface area (Å²) in [4.78, 5) is 39.3. The molecule has 0 saturated carbocycles. The van der Waals surface area contributed by atoms with Crippen LogP contribution in [0.15, 0.2) is 78.9 Å². The summed E-state index contributed by atoms with van der Waals surface area (Å²) in [5, 5.41) is 12.2. The normalized spacial score (nSPS) is 17.4. The SMILES string of the molecule is O=C(N[C@H](C(=O)N1CCCC1C(=O)O)c1ccccc1)OCC1c2ccccc2-c2ccccc21. The highest BCUT2D eigenvalue weighted by atomic mass is 16.5. The summed E-state index contributed by atoms with van der Waals surface area (Å²) in [5.74, 6) is -1.59. The Hall–Kier alpha value is -4.13. The molecule has 1 heterocycles. The summed E-state index contributed by atoms with van der Waals surface area (Å²) in [5.41, 5.74) is 5.02. The Balaban J connectivity index is 1.33. The number of carboxylic acids is 1. The van der Waals surface area contributed by atoms with E-state index in [9.17, 15) is 19.5 Å². The molecule has 2 aliphatic rings. The maximum atomic E-state index is 13.4. The molecule has 178 valence electrons. The van der Waals surface area contributed by atoms with Gasteiger partial charge in [0.25, 0.3) is 5.91 Å². The van der Waals surface area contributed by atoms with Crippen LogP contribution >= 0.6 is 0 Å². The second-order valence-electron chi connectivity index (χ2n) is 8.84. The molecule has 0 spiro atoms. The zero-order valence-corrected chi connectivity index (χ0v) is 19.1. The highest BCUT2D eigenvalue weighted by Gasteiger charge is 2.38. The number of carbonyl (C=O) groups excluding carboxylic acids is 2. The van der Waals surface area contributed by atoms with Crippen molar-refractivity contribution in [1.82, 2.24) is 10.2 Å². The average Bonchev–Trinajstić information content (AvgIpc) is 3.50. The number of benzene rings is 3. The molecular weight excluding hydrogens is 444 g/mol. The van der Waals surface area contributed by atoms with Crippen molar-refractivity contribution >= 4 is 18.0 Å².